The topological polar surface area (TPSA) is 75.5 Å². The highest BCUT2D eigenvalue weighted by Gasteiger charge is 2.33. The second kappa shape index (κ2) is 8.40. The van der Waals surface area contributed by atoms with Gasteiger partial charge in [0, 0.05) is 32.2 Å². The number of rotatable bonds is 4. The number of sulfonamides is 1. The van der Waals surface area contributed by atoms with E-state index in [9.17, 15) is 26.4 Å². The van der Waals surface area contributed by atoms with Crippen molar-refractivity contribution in [2.75, 3.05) is 26.2 Å². The van der Waals surface area contributed by atoms with E-state index in [1.54, 1.807) is 19.1 Å². The van der Waals surface area contributed by atoms with Crippen LogP contribution < -0.4 is 0 Å². The van der Waals surface area contributed by atoms with Crippen LogP contribution in [0.15, 0.2) is 53.6 Å². The molecule has 11 heteroatoms. The SMILES string of the molecule is Cc1c(C(=O)N2CCN(S(=O)(=O)c3ccc(F)cc3F)CC2)cnn1-c1ccc(F)cc1. The lowest BCUT2D eigenvalue weighted by Crippen LogP contribution is -2.50. The number of hydrogen-bond donors (Lipinski definition) is 0. The van der Waals surface area contributed by atoms with Crippen molar-refractivity contribution < 1.29 is 26.4 Å². The summed E-state index contributed by atoms with van der Waals surface area (Å²) in [6.07, 6.45) is 1.41. The zero-order valence-electron chi connectivity index (χ0n) is 17.0. The lowest BCUT2D eigenvalue weighted by molar-refractivity contribution is 0.0697. The smallest absolute Gasteiger partial charge is 0.257 e. The first-order valence-corrected chi connectivity index (χ1v) is 11.2. The molecule has 1 aliphatic heterocycles. The van der Waals surface area contributed by atoms with Gasteiger partial charge in [-0.05, 0) is 43.3 Å². The van der Waals surface area contributed by atoms with Crippen LogP contribution in [0, 0.1) is 24.4 Å². The van der Waals surface area contributed by atoms with E-state index in [1.807, 2.05) is 0 Å². The van der Waals surface area contributed by atoms with Crippen molar-refractivity contribution in [1.29, 1.82) is 0 Å². The number of piperazine rings is 1. The van der Waals surface area contributed by atoms with Crippen LogP contribution in [0.5, 0.6) is 0 Å². The molecule has 2 heterocycles. The van der Waals surface area contributed by atoms with E-state index in [2.05, 4.69) is 5.10 Å². The molecule has 0 unspecified atom stereocenters. The van der Waals surface area contributed by atoms with Crippen LogP contribution in [0.3, 0.4) is 0 Å². The summed E-state index contributed by atoms with van der Waals surface area (Å²) >= 11 is 0. The van der Waals surface area contributed by atoms with Gasteiger partial charge in [0.15, 0.2) is 0 Å². The summed E-state index contributed by atoms with van der Waals surface area (Å²) in [5.74, 6) is -2.73. The van der Waals surface area contributed by atoms with Gasteiger partial charge >= 0.3 is 0 Å². The average Bonchev–Trinajstić information content (AvgIpc) is 3.15. The number of carbonyl (C=O) groups is 1. The van der Waals surface area contributed by atoms with Gasteiger partial charge in [0.05, 0.1) is 23.1 Å². The highest BCUT2D eigenvalue weighted by molar-refractivity contribution is 7.89. The van der Waals surface area contributed by atoms with Gasteiger partial charge in [-0.15, -0.1) is 0 Å². The molecule has 0 bridgehead atoms. The van der Waals surface area contributed by atoms with Crippen molar-refractivity contribution in [2.45, 2.75) is 11.8 Å². The molecule has 1 aromatic heterocycles. The van der Waals surface area contributed by atoms with Crippen molar-refractivity contribution in [2.24, 2.45) is 0 Å². The van der Waals surface area contributed by atoms with Gasteiger partial charge in [0.2, 0.25) is 10.0 Å². The minimum Gasteiger partial charge on any atom is -0.336 e. The van der Waals surface area contributed by atoms with Gasteiger partial charge in [-0.25, -0.2) is 26.3 Å². The monoisotopic (exact) mass is 464 g/mol. The van der Waals surface area contributed by atoms with Gasteiger partial charge in [0.25, 0.3) is 5.91 Å². The summed E-state index contributed by atoms with van der Waals surface area (Å²) in [5.41, 5.74) is 1.50. The number of aromatic nitrogens is 2. The molecule has 32 heavy (non-hydrogen) atoms. The normalized spacial score (nSPS) is 15.2. The third kappa shape index (κ3) is 4.00. The number of benzene rings is 2. The fourth-order valence-corrected chi connectivity index (χ4v) is 5.06. The average molecular weight is 464 g/mol. The maximum absolute atomic E-state index is 14.0. The van der Waals surface area contributed by atoms with Crippen molar-refractivity contribution >= 4 is 15.9 Å². The summed E-state index contributed by atoms with van der Waals surface area (Å²) in [4.78, 5) is 13.9. The van der Waals surface area contributed by atoms with E-state index in [0.717, 1.165) is 16.4 Å². The zero-order chi connectivity index (χ0) is 23.0. The Morgan fingerprint density at radius 1 is 0.938 bits per heavy atom. The van der Waals surface area contributed by atoms with Crippen LogP contribution in [0.1, 0.15) is 16.1 Å². The van der Waals surface area contributed by atoms with E-state index in [-0.39, 0.29) is 37.9 Å². The van der Waals surface area contributed by atoms with Gasteiger partial charge in [-0.2, -0.15) is 9.40 Å². The van der Waals surface area contributed by atoms with Gasteiger partial charge in [-0.3, -0.25) is 4.79 Å². The lowest BCUT2D eigenvalue weighted by atomic mass is 10.2. The number of amides is 1. The fraction of sp³-hybridized carbons (Fsp3) is 0.238. The van der Waals surface area contributed by atoms with Crippen LogP contribution in [0.4, 0.5) is 13.2 Å². The van der Waals surface area contributed by atoms with Crippen molar-refractivity contribution in [1.82, 2.24) is 19.0 Å². The second-order valence-electron chi connectivity index (χ2n) is 7.30. The minimum atomic E-state index is -4.16. The fourth-order valence-electron chi connectivity index (χ4n) is 3.59. The van der Waals surface area contributed by atoms with Gasteiger partial charge in [0.1, 0.15) is 22.3 Å². The van der Waals surface area contributed by atoms with Crippen LogP contribution in [0.2, 0.25) is 0 Å². The molecule has 1 aliphatic rings. The molecule has 2 aromatic carbocycles. The molecule has 0 N–H and O–H groups in total. The summed E-state index contributed by atoms with van der Waals surface area (Å²) in [6, 6.07) is 7.98. The van der Waals surface area contributed by atoms with Crippen LogP contribution >= 0.6 is 0 Å². The first-order valence-electron chi connectivity index (χ1n) is 9.73. The zero-order valence-corrected chi connectivity index (χ0v) is 17.8. The largest absolute Gasteiger partial charge is 0.336 e. The molecule has 3 aromatic rings. The standard InChI is InChI=1S/C21H19F3N4O3S/c1-14-18(13-25-28(14)17-5-2-15(22)3-6-17)21(29)26-8-10-27(11-9-26)32(30,31)20-7-4-16(23)12-19(20)24/h2-7,12-13H,8-11H2,1H3. The molecule has 0 saturated carbocycles. The molecule has 1 fully saturated rings. The van der Waals surface area contributed by atoms with Crippen molar-refractivity contribution in [3.8, 4) is 5.69 Å². The van der Waals surface area contributed by atoms with Crippen molar-refractivity contribution in [3.05, 3.63) is 77.4 Å². The lowest BCUT2D eigenvalue weighted by Gasteiger charge is -2.34. The Morgan fingerprint density at radius 2 is 1.56 bits per heavy atom. The molecule has 4 rings (SSSR count). The number of carbonyl (C=O) groups excluding carboxylic acids is 1. The van der Waals surface area contributed by atoms with E-state index in [4.69, 9.17) is 0 Å². The summed E-state index contributed by atoms with van der Waals surface area (Å²) in [6.45, 7) is 1.85. The molecule has 0 atom stereocenters. The predicted molar refractivity (Wildman–Crippen MR) is 109 cm³/mol. The highest BCUT2D eigenvalue weighted by atomic mass is 32.2. The molecule has 1 amide bonds. The summed E-state index contributed by atoms with van der Waals surface area (Å²) in [7, 11) is -4.16. The maximum Gasteiger partial charge on any atom is 0.257 e. The van der Waals surface area contributed by atoms with Gasteiger partial charge in [-0.1, -0.05) is 0 Å². The van der Waals surface area contributed by atoms with Crippen molar-refractivity contribution in [3.63, 3.8) is 0 Å². The van der Waals surface area contributed by atoms with Gasteiger partial charge < -0.3 is 4.90 Å². The molecule has 0 radical (unpaired) electrons. The molecule has 1 saturated heterocycles. The number of nitrogens with zero attached hydrogens (tertiary/aromatic N) is 4. The third-order valence-electron chi connectivity index (χ3n) is 5.35. The predicted octanol–water partition coefficient (Wildman–Crippen LogP) is 2.74. The van der Waals surface area contributed by atoms with E-state index in [0.29, 0.717) is 23.0 Å². The van der Waals surface area contributed by atoms with Crippen LogP contribution in [-0.2, 0) is 10.0 Å². The first-order chi connectivity index (χ1) is 15.2. The quantitative estimate of drug-likeness (QED) is 0.595. The Labute approximate surface area is 182 Å². The molecule has 0 aliphatic carbocycles. The van der Waals surface area contributed by atoms with E-state index in [1.165, 1.54) is 27.9 Å². The Bertz CT molecular complexity index is 1270. The number of hydrogen-bond acceptors (Lipinski definition) is 4. The molecular weight excluding hydrogens is 445 g/mol. The molecule has 0 spiro atoms. The Hall–Kier alpha value is -3.18. The summed E-state index contributed by atoms with van der Waals surface area (Å²) < 4.78 is 68.3. The molecular formula is C21H19F3N4O3S. The number of halogens is 3. The highest BCUT2D eigenvalue weighted by Crippen LogP contribution is 2.23. The molecule has 168 valence electrons. The Kier molecular flexibility index (Phi) is 5.78. The Morgan fingerprint density at radius 3 is 2.19 bits per heavy atom. The summed E-state index contributed by atoms with van der Waals surface area (Å²) in [5, 5.41) is 4.21. The third-order valence-corrected chi connectivity index (χ3v) is 7.28. The Balaban J connectivity index is 1.48. The van der Waals surface area contributed by atoms with Crippen LogP contribution in [0.25, 0.3) is 5.69 Å². The van der Waals surface area contributed by atoms with E-state index < -0.39 is 26.6 Å². The molecule has 7 nitrogen and oxygen atoms in total. The minimum absolute atomic E-state index is 0.0317. The van der Waals surface area contributed by atoms with E-state index >= 15 is 0 Å². The van der Waals surface area contributed by atoms with Crippen LogP contribution in [-0.4, -0.2) is 59.5 Å². The maximum atomic E-state index is 14.0. The first kappa shape index (κ1) is 22.0. The second-order valence-corrected chi connectivity index (χ2v) is 9.21.